The Hall–Kier alpha value is -0.560. The van der Waals surface area contributed by atoms with E-state index in [9.17, 15) is 4.79 Å². The molecule has 0 aliphatic carbocycles. The predicted octanol–water partition coefficient (Wildman–Crippen LogP) is 2.91. The average molecular weight is 173 g/mol. The van der Waals surface area contributed by atoms with Gasteiger partial charge in [0.05, 0.1) is 0 Å². The minimum absolute atomic E-state index is 0.322. The van der Waals surface area contributed by atoms with E-state index in [1.165, 1.54) is 0 Å². The number of rotatable bonds is 5. The summed E-state index contributed by atoms with van der Waals surface area (Å²) in [5, 5.41) is -0.322. The minimum Gasteiger partial charge on any atom is -0.281 e. The van der Waals surface area contributed by atoms with Gasteiger partial charge in [0.25, 0.3) is 0 Å². The Bertz CT molecular complexity index is 162. The number of carbonyl (C=O) groups is 1. The fourth-order valence-corrected chi connectivity index (χ4v) is 1.04. The number of hydrogen-bond donors (Lipinski definition) is 0. The molecule has 62 valence electrons. The van der Waals surface area contributed by atoms with Crippen LogP contribution in [0.25, 0.3) is 0 Å². The highest BCUT2D eigenvalue weighted by Gasteiger charge is 2.28. The Kier molecular flexibility index (Phi) is 4.12. The van der Waals surface area contributed by atoms with Gasteiger partial charge in [-0.3, -0.25) is 4.79 Å². The van der Waals surface area contributed by atoms with Gasteiger partial charge in [0.15, 0.2) is 0 Å². The Balaban J connectivity index is 4.35. The van der Waals surface area contributed by atoms with Gasteiger partial charge >= 0.3 is 0 Å². The van der Waals surface area contributed by atoms with Crippen molar-refractivity contribution in [3.8, 4) is 0 Å². The van der Waals surface area contributed by atoms with Crippen molar-refractivity contribution >= 4 is 16.8 Å². The first-order valence-corrected chi connectivity index (χ1v) is 3.86. The Morgan fingerprint density at radius 3 is 2.00 bits per heavy atom. The van der Waals surface area contributed by atoms with E-state index in [-0.39, 0.29) is 5.24 Å². The predicted molar refractivity (Wildman–Crippen MR) is 48.6 cm³/mol. The maximum absolute atomic E-state index is 10.9. The molecule has 0 rings (SSSR count). The minimum atomic E-state index is -0.509. The Morgan fingerprint density at radius 2 is 1.82 bits per heavy atom. The lowest BCUT2D eigenvalue weighted by Gasteiger charge is -2.21. The standard InChI is InChI=1S/C9H13ClO/c1-4-6-9(3,7-5-2)8(10)11/h4-5H,1-2,6-7H2,3H3. The molecule has 2 heteroatoms. The fourth-order valence-electron chi connectivity index (χ4n) is 0.881. The molecule has 0 aliphatic rings. The van der Waals surface area contributed by atoms with E-state index in [2.05, 4.69) is 13.2 Å². The summed E-state index contributed by atoms with van der Waals surface area (Å²) in [6, 6.07) is 0. The van der Waals surface area contributed by atoms with E-state index in [1.54, 1.807) is 12.2 Å². The van der Waals surface area contributed by atoms with Gasteiger partial charge < -0.3 is 0 Å². The maximum Gasteiger partial charge on any atom is 0.228 e. The van der Waals surface area contributed by atoms with Gasteiger partial charge in [-0.25, -0.2) is 0 Å². The molecule has 0 radical (unpaired) electrons. The van der Waals surface area contributed by atoms with Gasteiger partial charge in [0.2, 0.25) is 5.24 Å². The van der Waals surface area contributed by atoms with Crippen LogP contribution in [-0.2, 0) is 4.79 Å². The molecular formula is C9H13ClO. The highest BCUT2D eigenvalue weighted by molar-refractivity contribution is 6.64. The Labute approximate surface area is 72.7 Å². The summed E-state index contributed by atoms with van der Waals surface area (Å²) < 4.78 is 0. The lowest BCUT2D eigenvalue weighted by atomic mass is 9.85. The van der Waals surface area contributed by atoms with E-state index < -0.39 is 5.41 Å². The van der Waals surface area contributed by atoms with Gasteiger partial charge in [-0.05, 0) is 24.4 Å². The summed E-state index contributed by atoms with van der Waals surface area (Å²) in [6.07, 6.45) is 4.59. The zero-order valence-electron chi connectivity index (χ0n) is 6.77. The molecule has 0 unspecified atom stereocenters. The van der Waals surface area contributed by atoms with Crippen LogP contribution in [0.3, 0.4) is 0 Å². The van der Waals surface area contributed by atoms with E-state index >= 15 is 0 Å². The highest BCUT2D eigenvalue weighted by atomic mass is 35.5. The van der Waals surface area contributed by atoms with Crippen LogP contribution in [0.5, 0.6) is 0 Å². The van der Waals surface area contributed by atoms with Crippen LogP contribution in [0.4, 0.5) is 0 Å². The molecule has 0 fully saturated rings. The third-order valence-corrected chi connectivity index (χ3v) is 2.12. The van der Waals surface area contributed by atoms with E-state index in [1.807, 2.05) is 6.92 Å². The van der Waals surface area contributed by atoms with Crippen molar-refractivity contribution in [2.75, 3.05) is 0 Å². The molecule has 0 atom stereocenters. The molecule has 0 aromatic heterocycles. The zero-order valence-corrected chi connectivity index (χ0v) is 7.53. The number of halogens is 1. The van der Waals surface area contributed by atoms with Crippen molar-refractivity contribution in [3.05, 3.63) is 25.3 Å². The summed E-state index contributed by atoms with van der Waals surface area (Å²) in [5.41, 5.74) is -0.509. The van der Waals surface area contributed by atoms with Crippen LogP contribution in [0.1, 0.15) is 19.8 Å². The first-order valence-electron chi connectivity index (χ1n) is 3.48. The number of carbonyl (C=O) groups excluding carboxylic acids is 1. The summed E-state index contributed by atoms with van der Waals surface area (Å²) in [5.74, 6) is 0. The van der Waals surface area contributed by atoms with Gasteiger partial charge in [0, 0.05) is 5.41 Å². The molecule has 0 saturated heterocycles. The summed E-state index contributed by atoms with van der Waals surface area (Å²) >= 11 is 5.41. The van der Waals surface area contributed by atoms with Gasteiger partial charge in [0.1, 0.15) is 0 Å². The van der Waals surface area contributed by atoms with E-state index in [4.69, 9.17) is 11.6 Å². The molecule has 11 heavy (non-hydrogen) atoms. The molecule has 0 aromatic carbocycles. The molecule has 0 saturated carbocycles. The van der Waals surface area contributed by atoms with Crippen molar-refractivity contribution in [3.63, 3.8) is 0 Å². The Morgan fingerprint density at radius 1 is 1.45 bits per heavy atom. The van der Waals surface area contributed by atoms with E-state index in [0.29, 0.717) is 12.8 Å². The molecule has 1 nitrogen and oxygen atoms in total. The number of allylic oxidation sites excluding steroid dienone is 2. The second kappa shape index (κ2) is 4.35. The smallest absolute Gasteiger partial charge is 0.228 e. The number of hydrogen-bond acceptors (Lipinski definition) is 1. The molecular weight excluding hydrogens is 160 g/mol. The van der Waals surface area contributed by atoms with E-state index in [0.717, 1.165) is 0 Å². The molecule has 0 spiro atoms. The highest BCUT2D eigenvalue weighted by Crippen LogP contribution is 2.29. The third kappa shape index (κ3) is 2.89. The van der Waals surface area contributed by atoms with Crippen molar-refractivity contribution in [1.82, 2.24) is 0 Å². The topological polar surface area (TPSA) is 17.1 Å². The van der Waals surface area contributed by atoms with Gasteiger partial charge in [-0.15, -0.1) is 13.2 Å². The van der Waals surface area contributed by atoms with Crippen molar-refractivity contribution < 1.29 is 4.79 Å². The van der Waals surface area contributed by atoms with Crippen LogP contribution in [-0.4, -0.2) is 5.24 Å². The van der Waals surface area contributed by atoms with Crippen LogP contribution < -0.4 is 0 Å². The second-order valence-electron chi connectivity index (χ2n) is 2.82. The van der Waals surface area contributed by atoms with Gasteiger partial charge in [-0.2, -0.15) is 0 Å². The van der Waals surface area contributed by atoms with Crippen molar-refractivity contribution in [2.24, 2.45) is 5.41 Å². The molecule has 0 aliphatic heterocycles. The van der Waals surface area contributed by atoms with Crippen molar-refractivity contribution in [1.29, 1.82) is 0 Å². The van der Waals surface area contributed by atoms with Crippen LogP contribution in [0.2, 0.25) is 0 Å². The first-order chi connectivity index (χ1) is 5.06. The molecule has 0 aromatic rings. The lowest BCUT2D eigenvalue weighted by Crippen LogP contribution is -2.22. The molecule has 0 amide bonds. The van der Waals surface area contributed by atoms with Gasteiger partial charge in [-0.1, -0.05) is 19.1 Å². The lowest BCUT2D eigenvalue weighted by molar-refractivity contribution is -0.119. The zero-order chi connectivity index (χ0) is 8.91. The first kappa shape index (κ1) is 10.4. The third-order valence-electron chi connectivity index (χ3n) is 1.66. The monoisotopic (exact) mass is 172 g/mol. The summed E-state index contributed by atoms with van der Waals surface area (Å²) in [7, 11) is 0. The van der Waals surface area contributed by atoms with Crippen LogP contribution in [0, 0.1) is 5.41 Å². The van der Waals surface area contributed by atoms with Crippen LogP contribution >= 0.6 is 11.6 Å². The fraction of sp³-hybridized carbons (Fsp3) is 0.444. The molecule has 0 N–H and O–H groups in total. The second-order valence-corrected chi connectivity index (χ2v) is 3.16. The normalized spacial score (nSPS) is 10.7. The SMILES string of the molecule is C=CCC(C)(CC=C)C(=O)Cl. The summed E-state index contributed by atoms with van der Waals surface area (Å²) in [6.45, 7) is 8.94. The van der Waals surface area contributed by atoms with Crippen molar-refractivity contribution in [2.45, 2.75) is 19.8 Å². The molecule has 0 heterocycles. The maximum atomic E-state index is 10.9. The van der Waals surface area contributed by atoms with Crippen LogP contribution in [0.15, 0.2) is 25.3 Å². The largest absolute Gasteiger partial charge is 0.281 e. The quantitative estimate of drug-likeness (QED) is 0.461. The molecule has 0 bridgehead atoms. The summed E-state index contributed by atoms with van der Waals surface area (Å²) in [4.78, 5) is 10.9. The average Bonchev–Trinajstić information content (AvgIpc) is 1.88.